The number of amides is 3. The zero-order chi connectivity index (χ0) is 26.7. The number of hydrogen-bond acceptors (Lipinski definition) is 5. The molecule has 1 N–H and O–H groups in total. The number of aliphatic hydroxyl groups is 1. The normalized spacial score (nSPS) is 18.8. The highest BCUT2D eigenvalue weighted by Gasteiger charge is 2.59. The van der Waals surface area contributed by atoms with Crippen LogP contribution in [0.4, 0.5) is 10.5 Å². The molecule has 5 rings (SSSR count). The van der Waals surface area contributed by atoms with Gasteiger partial charge in [0.05, 0.1) is 12.6 Å². The molecule has 8 heteroatoms. The van der Waals surface area contributed by atoms with Gasteiger partial charge in [-0.15, -0.1) is 0 Å². The average molecular weight is 533 g/mol. The van der Waals surface area contributed by atoms with Crippen LogP contribution >= 0.6 is 11.6 Å². The van der Waals surface area contributed by atoms with Crippen LogP contribution < -0.4 is 4.90 Å². The quantitative estimate of drug-likeness (QED) is 0.443. The van der Waals surface area contributed by atoms with E-state index in [1.165, 1.54) is 4.90 Å². The van der Waals surface area contributed by atoms with E-state index in [2.05, 4.69) is 15.9 Å². The summed E-state index contributed by atoms with van der Waals surface area (Å²) in [7, 11) is 0. The monoisotopic (exact) mass is 532 g/mol. The number of rotatable bonds is 8. The van der Waals surface area contributed by atoms with Crippen molar-refractivity contribution in [3.8, 4) is 0 Å². The molecule has 198 valence electrons. The maximum absolute atomic E-state index is 14.0. The molecule has 0 saturated carbocycles. The molecule has 2 fully saturated rings. The lowest BCUT2D eigenvalue weighted by Gasteiger charge is -2.39. The third kappa shape index (κ3) is 4.77. The number of piperazine rings is 1. The molecular weight excluding hydrogens is 500 g/mol. The molecule has 38 heavy (non-hydrogen) atoms. The van der Waals surface area contributed by atoms with E-state index in [0.29, 0.717) is 22.7 Å². The number of likely N-dealkylation sites (N-methyl/N-ethyl adjacent to an activating group) is 1. The van der Waals surface area contributed by atoms with E-state index in [9.17, 15) is 14.7 Å². The number of halogens is 1. The van der Waals surface area contributed by atoms with Gasteiger partial charge < -0.3 is 10.0 Å². The lowest BCUT2D eigenvalue weighted by molar-refractivity contribution is -0.132. The van der Waals surface area contributed by atoms with Crippen LogP contribution in [0.2, 0.25) is 5.02 Å². The summed E-state index contributed by atoms with van der Waals surface area (Å²) in [5.41, 5.74) is 1.18. The van der Waals surface area contributed by atoms with Gasteiger partial charge in [-0.1, -0.05) is 78.3 Å². The Bertz CT molecular complexity index is 1230. The van der Waals surface area contributed by atoms with E-state index in [-0.39, 0.29) is 25.0 Å². The van der Waals surface area contributed by atoms with Crippen LogP contribution in [0, 0.1) is 0 Å². The number of urea groups is 1. The first-order valence-corrected chi connectivity index (χ1v) is 13.5. The molecule has 2 heterocycles. The standard InChI is InChI=1S/C30H33ClN4O3/c1-2-34-28(37)30(23-10-5-3-6-11-23,24-12-7-4-8-13-24)35(29(34)38)22-27(36)21-32-16-18-33(19-17-32)26-15-9-14-25(31)20-26/h3-15,20,27,36H,2,16-19,21-22H2,1H3. The zero-order valence-corrected chi connectivity index (χ0v) is 22.3. The smallest absolute Gasteiger partial charge is 0.328 e. The van der Waals surface area contributed by atoms with Gasteiger partial charge in [-0.25, -0.2) is 4.79 Å². The van der Waals surface area contributed by atoms with Crippen LogP contribution in [0.25, 0.3) is 0 Å². The third-order valence-electron chi connectivity index (χ3n) is 7.53. The predicted molar refractivity (Wildman–Crippen MR) is 149 cm³/mol. The Labute approximate surface area is 228 Å². The lowest BCUT2D eigenvalue weighted by Crippen LogP contribution is -2.53. The first-order chi connectivity index (χ1) is 18.4. The molecule has 3 aromatic carbocycles. The molecule has 7 nitrogen and oxygen atoms in total. The fourth-order valence-corrected chi connectivity index (χ4v) is 5.88. The largest absolute Gasteiger partial charge is 0.390 e. The van der Waals surface area contributed by atoms with Crippen LogP contribution in [0.1, 0.15) is 18.1 Å². The molecule has 0 aromatic heterocycles. The molecule has 3 aromatic rings. The van der Waals surface area contributed by atoms with E-state index in [1.807, 2.05) is 78.9 Å². The molecule has 0 bridgehead atoms. The van der Waals surface area contributed by atoms with Crippen LogP contribution in [0.3, 0.4) is 0 Å². The minimum Gasteiger partial charge on any atom is -0.390 e. The number of hydrogen-bond donors (Lipinski definition) is 1. The van der Waals surface area contributed by atoms with Crippen molar-refractivity contribution in [2.75, 3.05) is 50.7 Å². The summed E-state index contributed by atoms with van der Waals surface area (Å²) < 4.78 is 0. The molecule has 2 saturated heterocycles. The molecule has 0 aliphatic carbocycles. The summed E-state index contributed by atoms with van der Waals surface area (Å²) in [5.74, 6) is -0.287. The van der Waals surface area contributed by atoms with E-state index in [4.69, 9.17) is 11.6 Å². The van der Waals surface area contributed by atoms with Gasteiger partial charge in [0.2, 0.25) is 0 Å². The van der Waals surface area contributed by atoms with Gasteiger partial charge in [0, 0.05) is 50.0 Å². The van der Waals surface area contributed by atoms with Gasteiger partial charge in [0.1, 0.15) is 0 Å². The van der Waals surface area contributed by atoms with Gasteiger partial charge in [0.15, 0.2) is 5.54 Å². The second-order valence-corrected chi connectivity index (χ2v) is 10.2. The van der Waals surface area contributed by atoms with E-state index < -0.39 is 11.6 Å². The Morgan fingerprint density at radius 1 is 0.842 bits per heavy atom. The van der Waals surface area contributed by atoms with Crippen molar-refractivity contribution in [1.82, 2.24) is 14.7 Å². The highest BCUT2D eigenvalue weighted by molar-refractivity contribution is 6.30. The minimum atomic E-state index is -1.33. The summed E-state index contributed by atoms with van der Waals surface area (Å²) in [6.45, 7) is 5.70. The molecule has 1 unspecified atom stereocenters. The SMILES string of the molecule is CCN1C(=O)N(CC(O)CN2CCN(c3cccc(Cl)c3)CC2)C(c2ccccc2)(c2ccccc2)C1=O. The Hall–Kier alpha value is -3.39. The molecule has 3 amide bonds. The highest BCUT2D eigenvalue weighted by atomic mass is 35.5. The number of carbonyl (C=O) groups excluding carboxylic acids is 2. The number of β-amino-alcohol motifs (C(OH)–C–C–N with tert-alkyl or cyclic N) is 1. The Morgan fingerprint density at radius 3 is 2.00 bits per heavy atom. The second kappa shape index (κ2) is 11.2. The highest BCUT2D eigenvalue weighted by Crippen LogP contribution is 2.43. The Morgan fingerprint density at radius 2 is 1.45 bits per heavy atom. The minimum absolute atomic E-state index is 0.0410. The Balaban J connectivity index is 1.37. The first kappa shape index (κ1) is 26.2. The van der Waals surface area contributed by atoms with Crippen LogP contribution in [-0.4, -0.2) is 83.7 Å². The third-order valence-corrected chi connectivity index (χ3v) is 7.76. The van der Waals surface area contributed by atoms with Crippen molar-refractivity contribution in [3.63, 3.8) is 0 Å². The van der Waals surface area contributed by atoms with E-state index in [1.54, 1.807) is 11.8 Å². The van der Waals surface area contributed by atoms with Crippen LogP contribution in [-0.2, 0) is 10.3 Å². The van der Waals surface area contributed by atoms with Crippen molar-refractivity contribution < 1.29 is 14.7 Å². The summed E-state index contributed by atoms with van der Waals surface area (Å²) in [6.07, 6.45) is -0.826. The molecule has 0 spiro atoms. The molecule has 1 atom stereocenters. The van der Waals surface area contributed by atoms with Crippen LogP contribution in [0.5, 0.6) is 0 Å². The number of benzene rings is 3. The van der Waals surface area contributed by atoms with Crippen molar-refractivity contribution in [2.24, 2.45) is 0 Å². The van der Waals surface area contributed by atoms with Crippen molar-refractivity contribution >= 4 is 29.2 Å². The molecule has 0 radical (unpaired) electrons. The number of carbonyl (C=O) groups is 2. The fraction of sp³-hybridized carbons (Fsp3) is 0.333. The maximum Gasteiger partial charge on any atom is 0.328 e. The Kier molecular flexibility index (Phi) is 7.70. The molecular formula is C30H33ClN4O3. The fourth-order valence-electron chi connectivity index (χ4n) is 5.69. The van der Waals surface area contributed by atoms with Gasteiger partial charge >= 0.3 is 6.03 Å². The molecule has 2 aliphatic rings. The number of aliphatic hydroxyl groups excluding tert-OH is 1. The van der Waals surface area contributed by atoms with Crippen molar-refractivity contribution in [2.45, 2.75) is 18.6 Å². The maximum atomic E-state index is 14.0. The first-order valence-electron chi connectivity index (χ1n) is 13.1. The summed E-state index contributed by atoms with van der Waals surface area (Å²) in [4.78, 5) is 35.0. The number of imide groups is 1. The lowest BCUT2D eigenvalue weighted by atomic mass is 9.81. The number of nitrogens with zero attached hydrogens (tertiary/aromatic N) is 4. The second-order valence-electron chi connectivity index (χ2n) is 9.81. The van der Waals surface area contributed by atoms with Gasteiger partial charge in [-0.3, -0.25) is 19.5 Å². The topological polar surface area (TPSA) is 67.3 Å². The predicted octanol–water partition coefficient (Wildman–Crippen LogP) is 4.05. The van der Waals surface area contributed by atoms with E-state index in [0.717, 1.165) is 31.9 Å². The van der Waals surface area contributed by atoms with Gasteiger partial charge in [-0.2, -0.15) is 0 Å². The van der Waals surface area contributed by atoms with E-state index >= 15 is 0 Å². The van der Waals surface area contributed by atoms with Gasteiger partial charge in [0.25, 0.3) is 5.91 Å². The summed E-state index contributed by atoms with van der Waals surface area (Å²) >= 11 is 6.17. The molecule has 2 aliphatic heterocycles. The van der Waals surface area contributed by atoms with Crippen molar-refractivity contribution in [3.05, 3.63) is 101 Å². The summed E-state index contributed by atoms with van der Waals surface area (Å²) in [6, 6.07) is 26.3. The number of anilines is 1. The zero-order valence-electron chi connectivity index (χ0n) is 21.5. The summed E-state index contributed by atoms with van der Waals surface area (Å²) in [5, 5.41) is 12.0. The van der Waals surface area contributed by atoms with Gasteiger partial charge in [-0.05, 0) is 36.2 Å². The van der Waals surface area contributed by atoms with Crippen LogP contribution in [0.15, 0.2) is 84.9 Å². The average Bonchev–Trinajstić information content (AvgIpc) is 3.15. The van der Waals surface area contributed by atoms with Crippen molar-refractivity contribution in [1.29, 1.82) is 0 Å².